The van der Waals surface area contributed by atoms with E-state index >= 15 is 0 Å². The number of ether oxygens (including phenoxy) is 1. The molecule has 0 aromatic heterocycles. The van der Waals surface area contributed by atoms with E-state index in [2.05, 4.69) is 49.4 Å². The number of rotatable bonds is 11. The van der Waals surface area contributed by atoms with Gasteiger partial charge in [-0.05, 0) is 52.8 Å². The van der Waals surface area contributed by atoms with Crippen LogP contribution in [0.1, 0.15) is 50.2 Å². The molecule has 2 heteroatoms. The van der Waals surface area contributed by atoms with Gasteiger partial charge in [0.25, 0.3) is 0 Å². The minimum Gasteiger partial charge on any atom is -0.381 e. The second-order valence-electron chi connectivity index (χ2n) is 7.71. The molecule has 0 unspecified atom stereocenters. The summed E-state index contributed by atoms with van der Waals surface area (Å²) in [5, 5.41) is 9.35. The third-order valence-corrected chi connectivity index (χ3v) is 5.43. The van der Waals surface area contributed by atoms with E-state index < -0.39 is 0 Å². The van der Waals surface area contributed by atoms with Gasteiger partial charge in [-0.25, -0.2) is 0 Å². The summed E-state index contributed by atoms with van der Waals surface area (Å²) in [7, 11) is 0. The molecule has 30 heavy (non-hydrogen) atoms. The molecule has 2 nitrogen and oxygen atoms in total. The van der Waals surface area contributed by atoms with Crippen LogP contribution in [0, 0.1) is 11.3 Å². The first kappa shape index (κ1) is 21.8. The van der Waals surface area contributed by atoms with Crippen molar-refractivity contribution in [2.45, 2.75) is 45.4 Å². The van der Waals surface area contributed by atoms with E-state index in [0.717, 1.165) is 48.3 Å². The Morgan fingerprint density at radius 1 is 0.733 bits per heavy atom. The van der Waals surface area contributed by atoms with Crippen molar-refractivity contribution in [3.05, 3.63) is 83.9 Å². The monoisotopic (exact) mass is 397 g/mol. The van der Waals surface area contributed by atoms with Crippen LogP contribution in [-0.4, -0.2) is 13.2 Å². The predicted octanol–water partition coefficient (Wildman–Crippen LogP) is 7.42. The van der Waals surface area contributed by atoms with Gasteiger partial charge in [0, 0.05) is 6.61 Å². The first-order valence-electron chi connectivity index (χ1n) is 11.1. The van der Waals surface area contributed by atoms with E-state index in [0.29, 0.717) is 5.56 Å². The van der Waals surface area contributed by atoms with Crippen LogP contribution in [-0.2, 0) is 11.2 Å². The summed E-state index contributed by atoms with van der Waals surface area (Å²) < 4.78 is 5.80. The zero-order valence-electron chi connectivity index (χ0n) is 17.9. The highest BCUT2D eigenvalue weighted by atomic mass is 16.5. The van der Waals surface area contributed by atoms with E-state index in [1.165, 1.54) is 31.2 Å². The van der Waals surface area contributed by atoms with Gasteiger partial charge in [0.1, 0.15) is 0 Å². The Labute approximate surface area is 181 Å². The lowest BCUT2D eigenvalue weighted by Crippen LogP contribution is -2.00. The van der Waals surface area contributed by atoms with Crippen molar-refractivity contribution in [3.63, 3.8) is 0 Å². The van der Waals surface area contributed by atoms with Crippen molar-refractivity contribution in [1.82, 2.24) is 0 Å². The molecule has 0 spiro atoms. The molecule has 0 amide bonds. The maximum atomic E-state index is 9.35. The minimum atomic E-state index is 0.682. The van der Waals surface area contributed by atoms with Crippen molar-refractivity contribution in [2.24, 2.45) is 0 Å². The largest absolute Gasteiger partial charge is 0.381 e. The molecule has 0 heterocycles. The van der Waals surface area contributed by atoms with Crippen molar-refractivity contribution < 1.29 is 4.74 Å². The molecule has 0 fully saturated rings. The summed E-state index contributed by atoms with van der Waals surface area (Å²) in [5.41, 5.74) is 6.49. The zero-order chi connectivity index (χ0) is 21.0. The lowest BCUT2D eigenvalue weighted by atomic mass is 9.92. The van der Waals surface area contributed by atoms with Gasteiger partial charge in [0.2, 0.25) is 0 Å². The summed E-state index contributed by atoms with van der Waals surface area (Å²) in [5.74, 6) is 0. The van der Waals surface area contributed by atoms with Crippen LogP contribution in [0.15, 0.2) is 72.8 Å². The van der Waals surface area contributed by atoms with Gasteiger partial charge in [-0.1, -0.05) is 93.3 Å². The van der Waals surface area contributed by atoms with Crippen molar-refractivity contribution in [3.8, 4) is 28.3 Å². The Kier molecular flexibility index (Phi) is 8.69. The molecule has 0 aliphatic heterocycles. The molecular weight excluding hydrogens is 366 g/mol. The van der Waals surface area contributed by atoms with Gasteiger partial charge in [-0.2, -0.15) is 5.26 Å². The van der Waals surface area contributed by atoms with Crippen LogP contribution in [0.3, 0.4) is 0 Å². The van der Waals surface area contributed by atoms with Crippen molar-refractivity contribution in [2.75, 3.05) is 13.2 Å². The Morgan fingerprint density at radius 3 is 2.20 bits per heavy atom. The minimum absolute atomic E-state index is 0.682. The molecule has 3 aromatic carbocycles. The first-order chi connectivity index (χ1) is 14.8. The topological polar surface area (TPSA) is 33.0 Å². The highest BCUT2D eigenvalue weighted by Gasteiger charge is 2.09. The molecule has 0 aliphatic carbocycles. The SMILES string of the molecule is CCCCCCCOCCc1ccc(-c2cc(C#N)ccc2-c2ccccc2)cc1. The Hall–Kier alpha value is -2.89. The van der Waals surface area contributed by atoms with Gasteiger partial charge in [0.15, 0.2) is 0 Å². The standard InChI is InChI=1S/C28H31NO/c1-2-3-4-5-9-19-30-20-18-23-12-15-26(16-13-23)28-21-24(22-29)14-17-27(28)25-10-7-6-8-11-25/h6-8,10-17,21H,2-5,9,18-20H2,1H3. The van der Waals surface area contributed by atoms with Crippen LogP contribution in [0.2, 0.25) is 0 Å². The molecule has 0 N–H and O–H groups in total. The quantitative estimate of drug-likeness (QED) is 0.315. The van der Waals surface area contributed by atoms with E-state index in [1.54, 1.807) is 0 Å². The second-order valence-corrected chi connectivity index (χ2v) is 7.71. The van der Waals surface area contributed by atoms with Gasteiger partial charge in [-0.3, -0.25) is 0 Å². The van der Waals surface area contributed by atoms with Gasteiger partial charge >= 0.3 is 0 Å². The lowest BCUT2D eigenvalue weighted by Gasteiger charge is -2.12. The number of hydrogen-bond acceptors (Lipinski definition) is 2. The van der Waals surface area contributed by atoms with E-state index in [9.17, 15) is 5.26 Å². The molecule has 0 atom stereocenters. The number of unbranched alkanes of at least 4 members (excludes halogenated alkanes) is 4. The van der Waals surface area contributed by atoms with Crippen LogP contribution in [0.25, 0.3) is 22.3 Å². The molecule has 0 saturated heterocycles. The number of nitrogens with zero attached hydrogens (tertiary/aromatic N) is 1. The van der Waals surface area contributed by atoms with Crippen molar-refractivity contribution >= 4 is 0 Å². The maximum Gasteiger partial charge on any atom is 0.0991 e. The molecule has 3 rings (SSSR count). The molecule has 0 radical (unpaired) electrons. The first-order valence-corrected chi connectivity index (χ1v) is 11.1. The van der Waals surface area contributed by atoms with Gasteiger partial charge in [-0.15, -0.1) is 0 Å². The smallest absolute Gasteiger partial charge is 0.0991 e. The Bertz CT molecular complexity index is 939. The summed E-state index contributed by atoms with van der Waals surface area (Å²) in [4.78, 5) is 0. The lowest BCUT2D eigenvalue weighted by molar-refractivity contribution is 0.133. The van der Waals surface area contributed by atoms with Crippen LogP contribution < -0.4 is 0 Å². The van der Waals surface area contributed by atoms with Gasteiger partial charge < -0.3 is 4.74 Å². The Morgan fingerprint density at radius 2 is 1.47 bits per heavy atom. The molecular formula is C28H31NO. The third-order valence-electron chi connectivity index (χ3n) is 5.43. The summed E-state index contributed by atoms with van der Waals surface area (Å²) in [6.45, 7) is 3.87. The van der Waals surface area contributed by atoms with Crippen LogP contribution >= 0.6 is 0 Å². The third kappa shape index (κ3) is 6.31. The summed E-state index contributed by atoms with van der Waals surface area (Å²) >= 11 is 0. The number of nitriles is 1. The number of hydrogen-bond donors (Lipinski definition) is 0. The highest BCUT2D eigenvalue weighted by Crippen LogP contribution is 2.33. The van der Waals surface area contributed by atoms with Crippen molar-refractivity contribution in [1.29, 1.82) is 5.26 Å². The fraction of sp³-hybridized carbons (Fsp3) is 0.321. The maximum absolute atomic E-state index is 9.35. The predicted molar refractivity (Wildman–Crippen MR) is 125 cm³/mol. The van der Waals surface area contributed by atoms with E-state index in [-0.39, 0.29) is 0 Å². The summed E-state index contributed by atoms with van der Waals surface area (Å²) in [6.07, 6.45) is 7.29. The summed E-state index contributed by atoms with van der Waals surface area (Å²) in [6, 6.07) is 27.2. The molecule has 0 saturated carbocycles. The molecule has 3 aromatic rings. The molecule has 0 aliphatic rings. The molecule has 0 bridgehead atoms. The number of benzene rings is 3. The normalized spacial score (nSPS) is 10.7. The fourth-order valence-electron chi connectivity index (χ4n) is 3.67. The van der Waals surface area contributed by atoms with Crippen LogP contribution in [0.4, 0.5) is 0 Å². The average Bonchev–Trinajstić information content (AvgIpc) is 2.81. The second kappa shape index (κ2) is 12.0. The average molecular weight is 398 g/mol. The fourth-order valence-corrected chi connectivity index (χ4v) is 3.67. The zero-order valence-corrected chi connectivity index (χ0v) is 17.9. The van der Waals surface area contributed by atoms with Crippen LogP contribution in [0.5, 0.6) is 0 Å². The van der Waals surface area contributed by atoms with Gasteiger partial charge in [0.05, 0.1) is 18.2 Å². The Balaban J connectivity index is 1.63. The molecule has 154 valence electrons. The highest BCUT2D eigenvalue weighted by molar-refractivity contribution is 5.84. The van der Waals surface area contributed by atoms with E-state index in [1.807, 2.05) is 36.4 Å². The van der Waals surface area contributed by atoms with E-state index in [4.69, 9.17) is 4.74 Å².